The number of piperidine rings is 1. The topological polar surface area (TPSA) is 72.6 Å². The van der Waals surface area contributed by atoms with Crippen molar-refractivity contribution in [3.63, 3.8) is 0 Å². The Balaban J connectivity index is 1.79. The Morgan fingerprint density at radius 2 is 1.92 bits per heavy atom. The highest BCUT2D eigenvalue weighted by Crippen LogP contribution is 2.29. The first-order valence-electron chi connectivity index (χ1n) is 7.64. The molecule has 2 amide bonds. The second-order valence-electron chi connectivity index (χ2n) is 5.74. The maximum absolute atomic E-state index is 12.5. The van der Waals surface area contributed by atoms with Gasteiger partial charge in [0, 0.05) is 19.5 Å². The molecule has 2 rings (SSSR count). The number of amides is 2. The molecule has 1 aliphatic rings. The Hall–Kier alpha value is -2.25. The average molecular weight is 344 g/mol. The normalized spacial score (nSPS) is 18.3. The van der Waals surface area contributed by atoms with Gasteiger partial charge in [-0.25, -0.2) is 4.79 Å². The molecule has 0 saturated carbocycles. The maximum atomic E-state index is 12.5. The van der Waals surface area contributed by atoms with Crippen molar-refractivity contribution in [1.29, 1.82) is 0 Å². The number of nitrogens with two attached hydrogens (primary N) is 1. The molecule has 1 atom stereocenters. The number of hydrogen-bond acceptors (Lipinski definition) is 3. The summed E-state index contributed by atoms with van der Waals surface area (Å²) in [5, 5.41) is 0. The molecule has 2 N–H and O–H groups in total. The van der Waals surface area contributed by atoms with Crippen LogP contribution in [0, 0.1) is 5.92 Å². The zero-order valence-electron chi connectivity index (χ0n) is 13.0. The van der Waals surface area contributed by atoms with Gasteiger partial charge in [-0.3, -0.25) is 4.79 Å². The lowest BCUT2D eigenvalue weighted by Gasteiger charge is -2.30. The summed E-state index contributed by atoms with van der Waals surface area (Å²) in [6.45, 7) is 0.858. The number of carbonyl (C=O) groups excluding carboxylic acids is 2. The molecule has 5 nitrogen and oxygen atoms in total. The number of ether oxygens (including phenoxy) is 1. The summed E-state index contributed by atoms with van der Waals surface area (Å²) >= 11 is 0. The minimum atomic E-state index is -4.36. The molecule has 1 aromatic rings. The summed E-state index contributed by atoms with van der Waals surface area (Å²) in [5.41, 5.74) is 5.14. The molecule has 24 heavy (non-hydrogen) atoms. The SMILES string of the molecule is NC(=O)N1CCC[C@H](C(=O)OCCc2ccc(C(F)(F)F)cc2)C1. The quantitative estimate of drug-likeness (QED) is 0.853. The zero-order chi connectivity index (χ0) is 17.7. The van der Waals surface area contributed by atoms with Crippen molar-refractivity contribution in [2.24, 2.45) is 11.7 Å². The van der Waals surface area contributed by atoms with Crippen LogP contribution in [0.3, 0.4) is 0 Å². The van der Waals surface area contributed by atoms with Crippen LogP contribution in [0.25, 0.3) is 0 Å². The van der Waals surface area contributed by atoms with E-state index in [2.05, 4.69) is 0 Å². The molecule has 0 spiro atoms. The van der Waals surface area contributed by atoms with Crippen molar-refractivity contribution in [1.82, 2.24) is 4.90 Å². The zero-order valence-corrected chi connectivity index (χ0v) is 13.0. The minimum Gasteiger partial charge on any atom is -0.465 e. The average Bonchev–Trinajstić information content (AvgIpc) is 2.54. The van der Waals surface area contributed by atoms with Crippen LogP contribution in [0.5, 0.6) is 0 Å². The fourth-order valence-corrected chi connectivity index (χ4v) is 2.62. The predicted octanol–water partition coefficient (Wildman–Crippen LogP) is 2.58. The number of likely N-dealkylation sites (tertiary alicyclic amines) is 1. The minimum absolute atomic E-state index is 0.0806. The van der Waals surface area contributed by atoms with Crippen LogP contribution in [0.2, 0.25) is 0 Å². The van der Waals surface area contributed by atoms with E-state index in [4.69, 9.17) is 10.5 Å². The number of hydrogen-bond donors (Lipinski definition) is 1. The number of rotatable bonds is 4. The van der Waals surface area contributed by atoms with E-state index in [9.17, 15) is 22.8 Å². The summed E-state index contributed by atoms with van der Waals surface area (Å²) in [6, 6.07) is 4.18. The van der Waals surface area contributed by atoms with Gasteiger partial charge >= 0.3 is 18.2 Å². The summed E-state index contributed by atoms with van der Waals surface area (Å²) < 4.78 is 42.6. The Bertz CT molecular complexity index is 587. The lowest BCUT2D eigenvalue weighted by Crippen LogP contribution is -2.45. The number of nitrogens with zero attached hydrogens (tertiary/aromatic N) is 1. The first-order chi connectivity index (χ1) is 11.3. The molecule has 0 aliphatic carbocycles. The van der Waals surface area contributed by atoms with Crippen LogP contribution < -0.4 is 5.73 Å². The standard InChI is InChI=1S/C16H19F3N2O3/c17-16(18,19)13-5-3-11(4-6-13)7-9-24-14(22)12-2-1-8-21(10-12)15(20)23/h3-6,12H,1-2,7-10H2,(H2,20,23)/t12-/m0/s1. The summed E-state index contributed by atoms with van der Waals surface area (Å²) in [7, 11) is 0. The Morgan fingerprint density at radius 1 is 1.25 bits per heavy atom. The number of primary amides is 1. The van der Waals surface area contributed by atoms with Crippen molar-refractivity contribution in [3.8, 4) is 0 Å². The van der Waals surface area contributed by atoms with Gasteiger partial charge in [-0.05, 0) is 30.5 Å². The monoisotopic (exact) mass is 344 g/mol. The first kappa shape index (κ1) is 18.1. The van der Waals surface area contributed by atoms with Gasteiger partial charge in [-0.1, -0.05) is 12.1 Å². The molecule has 1 saturated heterocycles. The molecule has 1 aliphatic heterocycles. The smallest absolute Gasteiger partial charge is 0.416 e. The van der Waals surface area contributed by atoms with Crippen LogP contribution >= 0.6 is 0 Å². The summed E-state index contributed by atoms with van der Waals surface area (Å²) in [4.78, 5) is 24.5. The van der Waals surface area contributed by atoms with Crippen molar-refractivity contribution >= 4 is 12.0 Å². The number of esters is 1. The summed E-state index contributed by atoms with van der Waals surface area (Å²) in [5.74, 6) is -0.813. The van der Waals surface area contributed by atoms with Crippen molar-refractivity contribution in [2.75, 3.05) is 19.7 Å². The maximum Gasteiger partial charge on any atom is 0.416 e. The molecule has 132 valence electrons. The largest absolute Gasteiger partial charge is 0.465 e. The van der Waals surface area contributed by atoms with Crippen LogP contribution in [-0.2, 0) is 22.1 Å². The molecule has 0 unspecified atom stereocenters. The Morgan fingerprint density at radius 3 is 2.50 bits per heavy atom. The van der Waals surface area contributed by atoms with E-state index in [0.29, 0.717) is 31.4 Å². The van der Waals surface area contributed by atoms with Crippen LogP contribution in [0.1, 0.15) is 24.0 Å². The number of carbonyl (C=O) groups is 2. The second kappa shape index (κ2) is 7.55. The Kier molecular flexibility index (Phi) is 5.69. The van der Waals surface area contributed by atoms with E-state index in [0.717, 1.165) is 12.1 Å². The molecular formula is C16H19F3N2O3. The highest BCUT2D eigenvalue weighted by molar-refractivity contribution is 5.76. The fourth-order valence-electron chi connectivity index (χ4n) is 2.62. The molecule has 0 radical (unpaired) electrons. The van der Waals surface area contributed by atoms with Gasteiger partial charge in [0.25, 0.3) is 0 Å². The molecule has 1 heterocycles. The predicted molar refractivity (Wildman–Crippen MR) is 80.0 cm³/mol. The van der Waals surface area contributed by atoms with Gasteiger partial charge in [0.1, 0.15) is 0 Å². The summed E-state index contributed by atoms with van der Waals surface area (Å²) in [6.07, 6.45) is -2.72. The highest BCUT2D eigenvalue weighted by Gasteiger charge is 2.30. The third kappa shape index (κ3) is 4.87. The van der Waals surface area contributed by atoms with Crippen molar-refractivity contribution < 1.29 is 27.5 Å². The number of urea groups is 1. The van der Waals surface area contributed by atoms with Gasteiger partial charge in [-0.2, -0.15) is 13.2 Å². The van der Waals surface area contributed by atoms with Crippen LogP contribution in [0.15, 0.2) is 24.3 Å². The van der Waals surface area contributed by atoms with E-state index in [1.807, 2.05) is 0 Å². The Labute approximate surface area is 137 Å². The fraction of sp³-hybridized carbons (Fsp3) is 0.500. The van der Waals surface area contributed by atoms with Gasteiger partial charge in [0.15, 0.2) is 0 Å². The van der Waals surface area contributed by atoms with Gasteiger partial charge in [0.2, 0.25) is 0 Å². The third-order valence-corrected chi connectivity index (χ3v) is 3.98. The second-order valence-corrected chi connectivity index (χ2v) is 5.74. The van der Waals surface area contributed by atoms with Gasteiger partial charge in [-0.15, -0.1) is 0 Å². The van der Waals surface area contributed by atoms with Crippen LogP contribution in [-0.4, -0.2) is 36.6 Å². The van der Waals surface area contributed by atoms with Crippen molar-refractivity contribution in [3.05, 3.63) is 35.4 Å². The van der Waals surface area contributed by atoms with E-state index < -0.39 is 29.7 Å². The number of halogens is 3. The number of benzene rings is 1. The molecular weight excluding hydrogens is 325 g/mol. The molecule has 0 aromatic heterocycles. The van der Waals surface area contributed by atoms with Gasteiger partial charge in [0.05, 0.1) is 18.1 Å². The van der Waals surface area contributed by atoms with Gasteiger partial charge < -0.3 is 15.4 Å². The molecule has 1 fully saturated rings. The number of alkyl halides is 3. The molecule has 8 heteroatoms. The van der Waals surface area contributed by atoms with E-state index >= 15 is 0 Å². The first-order valence-corrected chi connectivity index (χ1v) is 7.64. The highest BCUT2D eigenvalue weighted by atomic mass is 19.4. The van der Waals surface area contributed by atoms with E-state index in [-0.39, 0.29) is 13.2 Å². The molecule has 0 bridgehead atoms. The lowest BCUT2D eigenvalue weighted by atomic mass is 9.98. The van der Waals surface area contributed by atoms with E-state index in [1.54, 1.807) is 0 Å². The van der Waals surface area contributed by atoms with Crippen LogP contribution in [0.4, 0.5) is 18.0 Å². The van der Waals surface area contributed by atoms with E-state index in [1.165, 1.54) is 17.0 Å². The molecule has 1 aromatic carbocycles. The lowest BCUT2D eigenvalue weighted by molar-refractivity contribution is -0.149. The third-order valence-electron chi connectivity index (χ3n) is 3.98. The van der Waals surface area contributed by atoms with Crippen molar-refractivity contribution in [2.45, 2.75) is 25.4 Å².